The number of hydrogen-bond donors (Lipinski definition) is 0. The van der Waals surface area contributed by atoms with Crippen molar-refractivity contribution < 1.29 is 18.4 Å². The van der Waals surface area contributed by atoms with Crippen molar-refractivity contribution in [3.05, 3.63) is 71.9 Å². The molecular formula is C20H19FN4O3. The fourth-order valence-electron chi connectivity index (χ4n) is 3.15. The minimum absolute atomic E-state index is 0.0164. The summed E-state index contributed by atoms with van der Waals surface area (Å²) in [5.41, 5.74) is 0.625. The average molecular weight is 382 g/mol. The Bertz CT molecular complexity index is 930. The summed E-state index contributed by atoms with van der Waals surface area (Å²) in [6.07, 6.45) is 4.48. The van der Waals surface area contributed by atoms with Gasteiger partial charge in [0.05, 0.1) is 12.5 Å². The molecule has 1 atom stereocenters. The second-order valence-electron chi connectivity index (χ2n) is 6.57. The lowest BCUT2D eigenvalue weighted by Crippen LogP contribution is -2.28. The smallest absolute Gasteiger partial charge is 0.253 e. The maximum atomic E-state index is 12.9. The minimum atomic E-state index is -0.303. The molecule has 144 valence electrons. The summed E-state index contributed by atoms with van der Waals surface area (Å²) in [5, 5.41) is 4.00. The first kappa shape index (κ1) is 18.1. The second kappa shape index (κ2) is 8.16. The van der Waals surface area contributed by atoms with Crippen LogP contribution in [-0.2, 0) is 6.42 Å². The number of carbonyl (C=O) groups excluding carboxylic acids is 1. The van der Waals surface area contributed by atoms with Gasteiger partial charge in [0.25, 0.3) is 5.91 Å². The van der Waals surface area contributed by atoms with Crippen molar-refractivity contribution in [2.45, 2.75) is 18.8 Å². The molecule has 1 unspecified atom stereocenters. The number of benzene rings is 1. The number of nitrogens with zero attached hydrogens (tertiary/aromatic N) is 4. The second-order valence-corrected chi connectivity index (χ2v) is 6.57. The van der Waals surface area contributed by atoms with Gasteiger partial charge < -0.3 is 14.2 Å². The molecule has 1 amide bonds. The van der Waals surface area contributed by atoms with Crippen LogP contribution in [0.5, 0.6) is 5.75 Å². The third kappa shape index (κ3) is 4.16. The Balaban J connectivity index is 1.29. The van der Waals surface area contributed by atoms with E-state index in [0.717, 1.165) is 6.42 Å². The highest BCUT2D eigenvalue weighted by Crippen LogP contribution is 2.27. The summed E-state index contributed by atoms with van der Waals surface area (Å²) in [6.45, 7) is 1.56. The number of aromatic nitrogens is 3. The molecule has 1 aromatic carbocycles. The first-order chi connectivity index (χ1) is 13.7. The summed E-state index contributed by atoms with van der Waals surface area (Å²) < 4.78 is 23.8. The number of carbonyl (C=O) groups is 1. The first-order valence-electron chi connectivity index (χ1n) is 9.09. The maximum Gasteiger partial charge on any atom is 0.253 e. The molecule has 3 aromatic rings. The first-order valence-corrected chi connectivity index (χ1v) is 9.09. The van der Waals surface area contributed by atoms with Crippen molar-refractivity contribution in [1.82, 2.24) is 20.0 Å². The van der Waals surface area contributed by atoms with E-state index in [1.165, 1.54) is 12.1 Å². The van der Waals surface area contributed by atoms with Crippen LogP contribution in [0.4, 0.5) is 4.39 Å². The van der Waals surface area contributed by atoms with Crippen LogP contribution in [0.2, 0.25) is 0 Å². The maximum absolute atomic E-state index is 12.9. The van der Waals surface area contributed by atoms with E-state index >= 15 is 0 Å². The van der Waals surface area contributed by atoms with E-state index in [0.29, 0.717) is 49.1 Å². The SMILES string of the molecule is O=C(c1ccncc1)N1CCC(c2nc(CCOc3ccc(F)cc3)no2)C1. The van der Waals surface area contributed by atoms with Crippen LogP contribution in [0.15, 0.2) is 53.3 Å². The topological polar surface area (TPSA) is 81.4 Å². The van der Waals surface area contributed by atoms with Crippen molar-refractivity contribution in [3.8, 4) is 5.75 Å². The third-order valence-electron chi connectivity index (χ3n) is 4.64. The van der Waals surface area contributed by atoms with Gasteiger partial charge in [0, 0.05) is 37.5 Å². The summed E-state index contributed by atoms with van der Waals surface area (Å²) in [5.74, 6) is 1.40. The van der Waals surface area contributed by atoms with E-state index in [-0.39, 0.29) is 17.6 Å². The normalized spacial score (nSPS) is 16.3. The van der Waals surface area contributed by atoms with Crippen molar-refractivity contribution >= 4 is 5.91 Å². The zero-order chi connectivity index (χ0) is 19.3. The van der Waals surface area contributed by atoms with Crippen LogP contribution in [0.25, 0.3) is 0 Å². The number of ether oxygens (including phenoxy) is 1. The van der Waals surface area contributed by atoms with E-state index in [2.05, 4.69) is 15.1 Å². The molecule has 1 aliphatic heterocycles. The Morgan fingerprint density at radius 3 is 2.79 bits per heavy atom. The largest absolute Gasteiger partial charge is 0.493 e. The molecule has 1 aliphatic rings. The molecular weight excluding hydrogens is 363 g/mol. The van der Waals surface area contributed by atoms with Crippen molar-refractivity contribution in [2.24, 2.45) is 0 Å². The zero-order valence-electron chi connectivity index (χ0n) is 15.1. The number of likely N-dealkylation sites (tertiary alicyclic amines) is 1. The van der Waals surface area contributed by atoms with Gasteiger partial charge in [-0.15, -0.1) is 0 Å². The van der Waals surface area contributed by atoms with E-state index in [1.807, 2.05) is 0 Å². The lowest BCUT2D eigenvalue weighted by atomic mass is 10.1. The van der Waals surface area contributed by atoms with Crippen LogP contribution < -0.4 is 4.74 Å². The van der Waals surface area contributed by atoms with Gasteiger partial charge in [-0.05, 0) is 42.8 Å². The summed E-state index contributed by atoms with van der Waals surface area (Å²) in [6, 6.07) is 9.26. The lowest BCUT2D eigenvalue weighted by molar-refractivity contribution is 0.0789. The van der Waals surface area contributed by atoms with Crippen LogP contribution >= 0.6 is 0 Å². The van der Waals surface area contributed by atoms with Crippen LogP contribution in [-0.4, -0.2) is 45.6 Å². The molecule has 0 bridgehead atoms. The van der Waals surface area contributed by atoms with Gasteiger partial charge in [0.15, 0.2) is 5.82 Å². The van der Waals surface area contributed by atoms with Gasteiger partial charge in [0.2, 0.25) is 5.89 Å². The predicted molar refractivity (Wildman–Crippen MR) is 97.4 cm³/mol. The minimum Gasteiger partial charge on any atom is -0.493 e. The Hall–Kier alpha value is -3.29. The Morgan fingerprint density at radius 2 is 2.00 bits per heavy atom. The van der Waals surface area contributed by atoms with Crippen molar-refractivity contribution in [3.63, 3.8) is 0 Å². The molecule has 7 nitrogen and oxygen atoms in total. The van der Waals surface area contributed by atoms with Gasteiger partial charge in [-0.25, -0.2) is 4.39 Å². The molecule has 2 aromatic heterocycles. The highest BCUT2D eigenvalue weighted by atomic mass is 19.1. The predicted octanol–water partition coefficient (Wildman–Crippen LogP) is 2.85. The Kier molecular flexibility index (Phi) is 5.27. The summed E-state index contributed by atoms with van der Waals surface area (Å²) >= 11 is 0. The average Bonchev–Trinajstić information content (AvgIpc) is 3.39. The van der Waals surface area contributed by atoms with Gasteiger partial charge >= 0.3 is 0 Å². The molecule has 4 rings (SSSR count). The highest BCUT2D eigenvalue weighted by molar-refractivity contribution is 5.94. The molecule has 1 saturated heterocycles. The van der Waals surface area contributed by atoms with Gasteiger partial charge in [-0.3, -0.25) is 9.78 Å². The molecule has 1 fully saturated rings. The zero-order valence-corrected chi connectivity index (χ0v) is 15.1. The molecule has 0 saturated carbocycles. The highest BCUT2D eigenvalue weighted by Gasteiger charge is 2.31. The lowest BCUT2D eigenvalue weighted by Gasteiger charge is -2.15. The van der Waals surface area contributed by atoms with Crippen LogP contribution in [0.1, 0.15) is 34.4 Å². The Labute approximate surface area is 161 Å². The molecule has 0 aliphatic carbocycles. The summed E-state index contributed by atoms with van der Waals surface area (Å²) in [4.78, 5) is 22.7. The van der Waals surface area contributed by atoms with E-state index in [9.17, 15) is 9.18 Å². The molecule has 3 heterocycles. The monoisotopic (exact) mass is 382 g/mol. The van der Waals surface area contributed by atoms with Gasteiger partial charge in [-0.2, -0.15) is 4.98 Å². The molecule has 0 spiro atoms. The van der Waals surface area contributed by atoms with E-state index in [4.69, 9.17) is 9.26 Å². The van der Waals surface area contributed by atoms with E-state index < -0.39 is 0 Å². The number of rotatable bonds is 6. The summed E-state index contributed by atoms with van der Waals surface area (Å²) in [7, 11) is 0. The quantitative estimate of drug-likeness (QED) is 0.652. The van der Waals surface area contributed by atoms with Crippen LogP contribution in [0, 0.1) is 5.82 Å². The molecule has 0 N–H and O–H groups in total. The number of halogens is 1. The molecule has 0 radical (unpaired) electrons. The molecule has 8 heteroatoms. The number of pyridine rings is 1. The van der Waals surface area contributed by atoms with Gasteiger partial charge in [-0.1, -0.05) is 5.16 Å². The van der Waals surface area contributed by atoms with E-state index in [1.54, 1.807) is 41.6 Å². The fourth-order valence-corrected chi connectivity index (χ4v) is 3.15. The number of hydrogen-bond acceptors (Lipinski definition) is 6. The van der Waals surface area contributed by atoms with Crippen molar-refractivity contribution in [2.75, 3.05) is 19.7 Å². The van der Waals surface area contributed by atoms with Gasteiger partial charge in [0.1, 0.15) is 11.6 Å². The fraction of sp³-hybridized carbons (Fsp3) is 0.300. The number of amides is 1. The van der Waals surface area contributed by atoms with Crippen LogP contribution in [0.3, 0.4) is 0 Å². The Morgan fingerprint density at radius 1 is 1.21 bits per heavy atom. The van der Waals surface area contributed by atoms with Crippen molar-refractivity contribution in [1.29, 1.82) is 0 Å². The standard InChI is InChI=1S/C20H19FN4O3/c21-16-1-3-17(4-2-16)27-12-8-18-23-19(28-24-18)15-7-11-25(13-15)20(26)14-5-9-22-10-6-14/h1-6,9-10,15H,7-8,11-13H2. The molecule has 28 heavy (non-hydrogen) atoms. The third-order valence-corrected chi connectivity index (χ3v) is 4.64.